The van der Waals surface area contributed by atoms with E-state index in [2.05, 4.69) is 39.8 Å². The molecule has 1 saturated carbocycles. The molecule has 0 saturated heterocycles. The average molecular weight is 242 g/mol. The second kappa shape index (κ2) is 4.40. The van der Waals surface area contributed by atoms with Crippen molar-refractivity contribution in [2.75, 3.05) is 0 Å². The van der Waals surface area contributed by atoms with Crippen molar-refractivity contribution in [3.8, 4) is 0 Å². The Kier molecular flexibility index (Phi) is 3.00. The van der Waals surface area contributed by atoms with E-state index in [1.165, 1.54) is 31.2 Å². The van der Waals surface area contributed by atoms with Gasteiger partial charge >= 0.3 is 0 Å². The van der Waals surface area contributed by atoms with Crippen LogP contribution in [0.2, 0.25) is 0 Å². The van der Waals surface area contributed by atoms with E-state index < -0.39 is 0 Å². The zero-order valence-electron chi connectivity index (χ0n) is 12.3. The molecule has 0 heterocycles. The Morgan fingerprint density at radius 3 is 2.56 bits per heavy atom. The van der Waals surface area contributed by atoms with Gasteiger partial charge in [-0.15, -0.1) is 0 Å². The van der Waals surface area contributed by atoms with Gasteiger partial charge in [-0.25, -0.2) is 0 Å². The summed E-state index contributed by atoms with van der Waals surface area (Å²) in [6, 6.07) is 4.79. The molecule has 2 aliphatic rings. The van der Waals surface area contributed by atoms with Gasteiger partial charge in [0.2, 0.25) is 0 Å². The van der Waals surface area contributed by atoms with Gasteiger partial charge in [-0.05, 0) is 85.5 Å². The number of rotatable bonds is 0. The lowest BCUT2D eigenvalue weighted by Crippen LogP contribution is -2.34. The third-order valence-electron chi connectivity index (χ3n) is 6.06. The van der Waals surface area contributed by atoms with E-state index in [0.29, 0.717) is 0 Å². The first-order valence-corrected chi connectivity index (χ1v) is 7.68. The van der Waals surface area contributed by atoms with E-state index in [1.807, 2.05) is 0 Å². The first-order chi connectivity index (χ1) is 8.59. The van der Waals surface area contributed by atoms with E-state index in [9.17, 15) is 0 Å². The largest absolute Gasteiger partial charge is 0.0622 e. The summed E-state index contributed by atoms with van der Waals surface area (Å²) in [5.74, 6) is 3.65. The van der Waals surface area contributed by atoms with Gasteiger partial charge in [0.15, 0.2) is 0 Å². The third kappa shape index (κ3) is 1.73. The molecule has 0 heteroatoms. The quantitative estimate of drug-likeness (QED) is 0.599. The molecule has 1 aromatic carbocycles. The predicted molar refractivity (Wildman–Crippen MR) is 78.0 cm³/mol. The van der Waals surface area contributed by atoms with Crippen molar-refractivity contribution in [1.29, 1.82) is 0 Å². The lowest BCUT2D eigenvalue weighted by atomic mass is 9.60. The molecule has 18 heavy (non-hydrogen) atoms. The van der Waals surface area contributed by atoms with Crippen molar-refractivity contribution in [3.63, 3.8) is 0 Å². The molecule has 0 radical (unpaired) electrons. The molecular weight excluding hydrogens is 216 g/mol. The molecule has 98 valence electrons. The van der Waals surface area contributed by atoms with E-state index in [4.69, 9.17) is 0 Å². The number of hydrogen-bond donors (Lipinski definition) is 0. The van der Waals surface area contributed by atoms with Crippen LogP contribution in [0.4, 0.5) is 0 Å². The van der Waals surface area contributed by atoms with E-state index >= 15 is 0 Å². The fourth-order valence-corrected chi connectivity index (χ4v) is 4.44. The van der Waals surface area contributed by atoms with Crippen molar-refractivity contribution >= 4 is 0 Å². The van der Waals surface area contributed by atoms with Crippen molar-refractivity contribution in [3.05, 3.63) is 34.4 Å². The summed E-state index contributed by atoms with van der Waals surface area (Å²) in [7, 11) is 0. The maximum atomic E-state index is 2.49. The van der Waals surface area contributed by atoms with Gasteiger partial charge < -0.3 is 0 Å². The van der Waals surface area contributed by atoms with Crippen LogP contribution in [0.3, 0.4) is 0 Å². The highest BCUT2D eigenvalue weighted by molar-refractivity contribution is 5.43. The summed E-state index contributed by atoms with van der Waals surface area (Å²) < 4.78 is 0. The smallest absolute Gasteiger partial charge is 0.0128 e. The minimum Gasteiger partial charge on any atom is -0.0622 e. The van der Waals surface area contributed by atoms with Crippen LogP contribution in [0.1, 0.15) is 61.3 Å². The van der Waals surface area contributed by atoms with Gasteiger partial charge in [-0.1, -0.05) is 26.0 Å². The lowest BCUT2D eigenvalue weighted by molar-refractivity contribution is 0.137. The second-order valence-electron chi connectivity index (χ2n) is 6.80. The predicted octanol–water partition coefficient (Wildman–Crippen LogP) is 5.02. The molecule has 0 aromatic heterocycles. The van der Waals surface area contributed by atoms with Crippen molar-refractivity contribution in [2.24, 2.45) is 17.8 Å². The van der Waals surface area contributed by atoms with Crippen molar-refractivity contribution in [2.45, 2.75) is 59.3 Å². The lowest BCUT2D eigenvalue weighted by Gasteiger charge is -2.44. The van der Waals surface area contributed by atoms with Gasteiger partial charge in [0.1, 0.15) is 0 Å². The topological polar surface area (TPSA) is 0 Å². The Balaban J connectivity index is 2.02. The Morgan fingerprint density at radius 1 is 1.00 bits per heavy atom. The summed E-state index contributed by atoms with van der Waals surface area (Å²) >= 11 is 0. The Bertz CT molecular complexity index is 457. The Hall–Kier alpha value is -0.780. The molecule has 0 spiro atoms. The highest BCUT2D eigenvalue weighted by Crippen LogP contribution is 2.50. The number of hydrogen-bond acceptors (Lipinski definition) is 0. The standard InChI is InChI=1S/C18H26/c1-11-5-7-17-15(13(11)3)9-10-16-14(4)12(2)6-8-18(16)17/h5,7,12,14,16,18H,6,8-10H2,1-4H3. The van der Waals surface area contributed by atoms with Crippen LogP contribution >= 0.6 is 0 Å². The molecule has 0 bridgehead atoms. The minimum atomic E-state index is 0.860. The molecule has 4 atom stereocenters. The maximum absolute atomic E-state index is 2.49. The molecule has 2 aliphatic carbocycles. The molecule has 3 rings (SSSR count). The van der Waals surface area contributed by atoms with Crippen LogP contribution in [0.15, 0.2) is 12.1 Å². The maximum Gasteiger partial charge on any atom is -0.0128 e. The van der Waals surface area contributed by atoms with Crippen molar-refractivity contribution in [1.82, 2.24) is 0 Å². The summed E-state index contributed by atoms with van der Waals surface area (Å²) in [6.45, 7) is 9.53. The molecule has 1 aromatic rings. The number of benzene rings is 1. The van der Waals surface area contributed by atoms with Crippen molar-refractivity contribution < 1.29 is 0 Å². The molecule has 1 fully saturated rings. The first kappa shape index (κ1) is 12.3. The molecule has 4 unspecified atom stereocenters. The average Bonchev–Trinajstić information content (AvgIpc) is 2.38. The zero-order valence-corrected chi connectivity index (χ0v) is 12.3. The summed E-state index contributed by atoms with van der Waals surface area (Å²) in [5, 5.41) is 0. The van der Waals surface area contributed by atoms with E-state index in [0.717, 1.165) is 23.7 Å². The van der Waals surface area contributed by atoms with Crippen LogP contribution in [0.5, 0.6) is 0 Å². The van der Waals surface area contributed by atoms with Crippen LogP contribution in [0, 0.1) is 31.6 Å². The SMILES string of the molecule is Cc1ccc2c(c1C)CCC1C2CCC(C)C1C. The second-order valence-corrected chi connectivity index (χ2v) is 6.80. The first-order valence-electron chi connectivity index (χ1n) is 7.68. The zero-order chi connectivity index (χ0) is 12.9. The molecule has 0 N–H and O–H groups in total. The van der Waals surface area contributed by atoms with Crippen LogP contribution in [-0.4, -0.2) is 0 Å². The van der Waals surface area contributed by atoms with Crippen LogP contribution in [-0.2, 0) is 6.42 Å². The normalized spacial score (nSPS) is 34.9. The number of aryl methyl sites for hydroxylation is 1. The fourth-order valence-electron chi connectivity index (χ4n) is 4.44. The highest BCUT2D eigenvalue weighted by atomic mass is 14.4. The van der Waals surface area contributed by atoms with E-state index in [-0.39, 0.29) is 0 Å². The van der Waals surface area contributed by atoms with E-state index in [1.54, 1.807) is 16.7 Å². The summed E-state index contributed by atoms with van der Waals surface area (Å²) in [4.78, 5) is 0. The molecule has 0 aliphatic heterocycles. The summed E-state index contributed by atoms with van der Waals surface area (Å²) in [5.41, 5.74) is 6.44. The van der Waals surface area contributed by atoms with Gasteiger partial charge in [-0.2, -0.15) is 0 Å². The van der Waals surface area contributed by atoms with Gasteiger partial charge in [-0.3, -0.25) is 0 Å². The fraction of sp³-hybridized carbons (Fsp3) is 0.667. The Morgan fingerprint density at radius 2 is 1.78 bits per heavy atom. The highest BCUT2D eigenvalue weighted by Gasteiger charge is 2.38. The summed E-state index contributed by atoms with van der Waals surface area (Å²) in [6.07, 6.45) is 5.59. The monoisotopic (exact) mass is 242 g/mol. The van der Waals surface area contributed by atoms with Crippen LogP contribution < -0.4 is 0 Å². The molecule has 0 amide bonds. The third-order valence-corrected chi connectivity index (χ3v) is 6.06. The molecule has 0 nitrogen and oxygen atoms in total. The Labute approximate surface area is 112 Å². The minimum absolute atomic E-state index is 0.860. The molecular formula is C18H26. The van der Waals surface area contributed by atoms with Crippen LogP contribution in [0.25, 0.3) is 0 Å². The van der Waals surface area contributed by atoms with Gasteiger partial charge in [0, 0.05) is 0 Å². The number of fused-ring (bicyclic) bond motifs is 3. The van der Waals surface area contributed by atoms with Gasteiger partial charge in [0.25, 0.3) is 0 Å². The van der Waals surface area contributed by atoms with Gasteiger partial charge in [0.05, 0.1) is 0 Å².